The molecule has 0 radical (unpaired) electrons. The van der Waals surface area contributed by atoms with Gasteiger partial charge >= 0.3 is 0 Å². The van der Waals surface area contributed by atoms with E-state index in [0.717, 1.165) is 15.7 Å². The minimum absolute atomic E-state index is 0.258. The Labute approximate surface area is 153 Å². The summed E-state index contributed by atoms with van der Waals surface area (Å²) in [6, 6.07) is 23.3. The fourth-order valence-corrected chi connectivity index (χ4v) is 3.93. The maximum absolute atomic E-state index is 5.68. The van der Waals surface area contributed by atoms with Gasteiger partial charge in [-0.2, -0.15) is 0 Å². The molecule has 0 aliphatic carbocycles. The second-order valence-corrected chi connectivity index (χ2v) is 7.10. The van der Waals surface area contributed by atoms with Crippen LogP contribution in [0.1, 0.15) is 11.9 Å². The highest BCUT2D eigenvalue weighted by Crippen LogP contribution is 2.36. The van der Waals surface area contributed by atoms with Crippen molar-refractivity contribution >= 4 is 37.7 Å². The fourth-order valence-electron chi connectivity index (χ4n) is 3.57. The Bertz CT molecular complexity index is 1070. The lowest BCUT2D eigenvalue weighted by atomic mass is 10.1. The summed E-state index contributed by atoms with van der Waals surface area (Å²) < 4.78 is 14.7. The number of aromatic nitrogens is 1. The molecular formula is C21H16BrNO2. The summed E-state index contributed by atoms with van der Waals surface area (Å²) >= 11 is 3.61. The highest BCUT2D eigenvalue weighted by molar-refractivity contribution is 9.10. The zero-order valence-electron chi connectivity index (χ0n) is 13.5. The number of hydrogen-bond acceptors (Lipinski definition) is 2. The van der Waals surface area contributed by atoms with Crippen LogP contribution < -0.4 is 0 Å². The molecule has 4 aromatic rings. The van der Waals surface area contributed by atoms with Crippen LogP contribution in [0.2, 0.25) is 0 Å². The second kappa shape index (κ2) is 5.99. The van der Waals surface area contributed by atoms with Crippen molar-refractivity contribution in [3.05, 3.63) is 76.8 Å². The van der Waals surface area contributed by atoms with Gasteiger partial charge in [-0.1, -0.05) is 40.2 Å². The van der Waals surface area contributed by atoms with Gasteiger partial charge in [-0.3, -0.25) is 0 Å². The summed E-state index contributed by atoms with van der Waals surface area (Å²) in [5, 5.41) is 2.42. The number of nitrogens with zero attached hydrogens (tertiary/aromatic N) is 1. The molecule has 0 N–H and O–H groups in total. The third kappa shape index (κ3) is 2.49. The number of halogens is 1. The van der Waals surface area contributed by atoms with Crippen LogP contribution in [0.15, 0.2) is 71.2 Å². The summed E-state index contributed by atoms with van der Waals surface area (Å²) in [4.78, 5) is 0. The lowest BCUT2D eigenvalue weighted by Gasteiger charge is -2.10. The van der Waals surface area contributed by atoms with Gasteiger partial charge in [0.15, 0.2) is 6.29 Å². The van der Waals surface area contributed by atoms with E-state index in [0.29, 0.717) is 13.2 Å². The van der Waals surface area contributed by atoms with E-state index in [-0.39, 0.29) is 6.29 Å². The standard InChI is InChI=1S/C21H16BrNO2/c22-15-7-9-20-18(13-15)17-12-14(21-24-10-11-25-21)6-8-19(17)23(20)16-4-2-1-3-5-16/h1-9,12-13,21H,10-11H2. The molecule has 1 fully saturated rings. The van der Waals surface area contributed by atoms with Crippen molar-refractivity contribution < 1.29 is 9.47 Å². The lowest BCUT2D eigenvalue weighted by molar-refractivity contribution is -0.0440. The van der Waals surface area contributed by atoms with Crippen molar-refractivity contribution in [1.29, 1.82) is 0 Å². The van der Waals surface area contributed by atoms with Gasteiger partial charge in [0.05, 0.1) is 24.2 Å². The van der Waals surface area contributed by atoms with E-state index in [4.69, 9.17) is 9.47 Å². The Hall–Kier alpha value is -2.14. The highest BCUT2D eigenvalue weighted by atomic mass is 79.9. The first kappa shape index (κ1) is 15.1. The van der Waals surface area contributed by atoms with Gasteiger partial charge in [-0.15, -0.1) is 0 Å². The number of hydrogen-bond donors (Lipinski definition) is 0. The summed E-state index contributed by atoms with van der Waals surface area (Å²) in [7, 11) is 0. The van der Waals surface area contributed by atoms with E-state index in [1.54, 1.807) is 0 Å². The molecule has 0 amide bonds. The molecule has 1 saturated heterocycles. The molecule has 0 spiro atoms. The average molecular weight is 394 g/mol. The normalized spacial score (nSPS) is 15.4. The van der Waals surface area contributed by atoms with E-state index >= 15 is 0 Å². The van der Waals surface area contributed by atoms with Crippen LogP contribution in [0.4, 0.5) is 0 Å². The van der Waals surface area contributed by atoms with Crippen LogP contribution >= 0.6 is 15.9 Å². The number of benzene rings is 3. The number of ether oxygens (including phenoxy) is 2. The molecule has 4 heteroatoms. The Kier molecular flexibility index (Phi) is 3.63. The van der Waals surface area contributed by atoms with E-state index in [1.165, 1.54) is 21.8 Å². The van der Waals surface area contributed by atoms with Gasteiger partial charge in [0.1, 0.15) is 0 Å². The molecule has 3 aromatic carbocycles. The second-order valence-electron chi connectivity index (χ2n) is 6.18. The maximum Gasteiger partial charge on any atom is 0.184 e. The number of para-hydroxylation sites is 1. The van der Waals surface area contributed by atoms with Crippen molar-refractivity contribution in [2.24, 2.45) is 0 Å². The van der Waals surface area contributed by atoms with Gasteiger partial charge in [0.25, 0.3) is 0 Å². The quantitative estimate of drug-likeness (QED) is 0.442. The topological polar surface area (TPSA) is 23.4 Å². The maximum atomic E-state index is 5.68. The molecule has 0 unspecified atom stereocenters. The third-order valence-corrected chi connectivity index (χ3v) is 5.15. The van der Waals surface area contributed by atoms with Crippen molar-refractivity contribution in [3.63, 3.8) is 0 Å². The van der Waals surface area contributed by atoms with E-state index < -0.39 is 0 Å². The van der Waals surface area contributed by atoms with Crippen LogP contribution in [0.25, 0.3) is 27.5 Å². The van der Waals surface area contributed by atoms with E-state index in [2.05, 4.69) is 81.2 Å². The molecule has 1 aliphatic rings. The minimum Gasteiger partial charge on any atom is -0.346 e. The van der Waals surface area contributed by atoms with Crippen LogP contribution in [-0.4, -0.2) is 17.8 Å². The Morgan fingerprint density at radius 3 is 2.24 bits per heavy atom. The molecule has 1 aromatic heterocycles. The molecular weight excluding hydrogens is 378 g/mol. The minimum atomic E-state index is -0.258. The van der Waals surface area contributed by atoms with Crippen molar-refractivity contribution in [2.75, 3.05) is 13.2 Å². The van der Waals surface area contributed by atoms with E-state index in [1.807, 2.05) is 6.07 Å². The molecule has 2 heterocycles. The van der Waals surface area contributed by atoms with Gasteiger partial charge in [-0.05, 0) is 42.5 Å². The Morgan fingerprint density at radius 1 is 0.800 bits per heavy atom. The highest BCUT2D eigenvalue weighted by Gasteiger charge is 2.20. The SMILES string of the molecule is Brc1ccc2c(c1)c1cc(C3OCCO3)ccc1n2-c1ccccc1. The lowest BCUT2D eigenvalue weighted by Crippen LogP contribution is -1.98. The summed E-state index contributed by atoms with van der Waals surface area (Å²) in [6.07, 6.45) is -0.258. The molecule has 3 nitrogen and oxygen atoms in total. The average Bonchev–Trinajstić information content (AvgIpc) is 3.28. The molecule has 1 aliphatic heterocycles. The molecule has 0 saturated carbocycles. The molecule has 0 atom stereocenters. The van der Waals surface area contributed by atoms with Crippen LogP contribution in [0.5, 0.6) is 0 Å². The first-order chi connectivity index (χ1) is 12.3. The van der Waals surface area contributed by atoms with Gasteiger partial charge < -0.3 is 14.0 Å². The monoisotopic (exact) mass is 393 g/mol. The molecule has 5 rings (SSSR count). The molecule has 124 valence electrons. The molecule has 0 bridgehead atoms. The van der Waals surface area contributed by atoms with Crippen molar-refractivity contribution in [2.45, 2.75) is 6.29 Å². The van der Waals surface area contributed by atoms with Crippen molar-refractivity contribution in [1.82, 2.24) is 4.57 Å². The third-order valence-electron chi connectivity index (χ3n) is 4.66. The first-order valence-corrected chi connectivity index (χ1v) is 9.13. The predicted octanol–water partition coefficient (Wildman–Crippen LogP) is 5.59. The number of rotatable bonds is 2. The van der Waals surface area contributed by atoms with Crippen LogP contribution in [0.3, 0.4) is 0 Å². The summed E-state index contributed by atoms with van der Waals surface area (Å²) in [5.41, 5.74) is 4.60. The predicted molar refractivity (Wildman–Crippen MR) is 103 cm³/mol. The molecule has 25 heavy (non-hydrogen) atoms. The largest absolute Gasteiger partial charge is 0.346 e. The van der Waals surface area contributed by atoms with Gasteiger partial charge in [0.2, 0.25) is 0 Å². The zero-order chi connectivity index (χ0) is 16.8. The van der Waals surface area contributed by atoms with Crippen LogP contribution in [0, 0.1) is 0 Å². The van der Waals surface area contributed by atoms with E-state index in [9.17, 15) is 0 Å². The van der Waals surface area contributed by atoms with Crippen LogP contribution in [-0.2, 0) is 9.47 Å². The Balaban J connectivity index is 1.83. The zero-order valence-corrected chi connectivity index (χ0v) is 15.1. The van der Waals surface area contributed by atoms with Gasteiger partial charge in [0, 0.05) is 26.5 Å². The first-order valence-electron chi connectivity index (χ1n) is 8.33. The van der Waals surface area contributed by atoms with Gasteiger partial charge in [-0.25, -0.2) is 0 Å². The summed E-state index contributed by atoms with van der Waals surface area (Å²) in [5.74, 6) is 0. The smallest absolute Gasteiger partial charge is 0.184 e. The summed E-state index contributed by atoms with van der Waals surface area (Å²) in [6.45, 7) is 1.31. The number of fused-ring (bicyclic) bond motifs is 3. The van der Waals surface area contributed by atoms with Crippen molar-refractivity contribution in [3.8, 4) is 5.69 Å². The fraction of sp³-hybridized carbons (Fsp3) is 0.143. The Morgan fingerprint density at radius 2 is 1.48 bits per heavy atom.